The van der Waals surface area contributed by atoms with Gasteiger partial charge in [0.05, 0.1) is 17.1 Å². The number of ether oxygens (including phenoxy) is 1. The van der Waals surface area contributed by atoms with Crippen LogP contribution in [0.3, 0.4) is 0 Å². The van der Waals surface area contributed by atoms with E-state index in [4.69, 9.17) is 9.72 Å². The zero-order valence-electron chi connectivity index (χ0n) is 22.1. The van der Waals surface area contributed by atoms with Crippen LogP contribution in [0, 0.1) is 6.92 Å². The van der Waals surface area contributed by atoms with Crippen molar-refractivity contribution in [3.63, 3.8) is 0 Å². The minimum atomic E-state index is -0.121. The second-order valence-corrected chi connectivity index (χ2v) is 10.3. The summed E-state index contributed by atoms with van der Waals surface area (Å²) >= 11 is 0. The van der Waals surface area contributed by atoms with Gasteiger partial charge in [0.2, 0.25) is 5.95 Å². The molecule has 0 saturated heterocycles. The average Bonchev–Trinajstić information content (AvgIpc) is 3.73. The van der Waals surface area contributed by atoms with Crippen LogP contribution in [0.15, 0.2) is 59.5 Å². The number of rotatable bonds is 8. The van der Waals surface area contributed by atoms with Crippen molar-refractivity contribution in [1.82, 2.24) is 19.4 Å². The highest BCUT2D eigenvalue weighted by molar-refractivity contribution is 5.86. The molecule has 0 amide bonds. The number of hydrogen-bond acceptors (Lipinski definition) is 8. The van der Waals surface area contributed by atoms with Gasteiger partial charge in [-0.2, -0.15) is 4.98 Å². The van der Waals surface area contributed by atoms with E-state index in [1.807, 2.05) is 56.7 Å². The Morgan fingerprint density at radius 1 is 1.13 bits per heavy atom. The molecule has 0 radical (unpaired) electrons. The van der Waals surface area contributed by atoms with Crippen molar-refractivity contribution in [3.8, 4) is 11.4 Å². The maximum Gasteiger partial charge on any atom is 0.280 e. The first-order valence-corrected chi connectivity index (χ1v) is 13.2. The Balaban J connectivity index is 1.46. The summed E-state index contributed by atoms with van der Waals surface area (Å²) in [5.74, 6) is 1.31. The molecular weight excluding hydrogens is 478 g/mol. The van der Waals surface area contributed by atoms with Crippen molar-refractivity contribution in [2.24, 2.45) is 0 Å². The molecule has 1 aliphatic heterocycles. The number of benzene rings is 2. The molecule has 0 bridgehead atoms. The Hall–Kier alpha value is -4.11. The van der Waals surface area contributed by atoms with Gasteiger partial charge in [0, 0.05) is 37.3 Å². The number of pyridine rings is 1. The highest BCUT2D eigenvalue weighted by atomic mass is 16.5. The summed E-state index contributed by atoms with van der Waals surface area (Å²) < 4.78 is 7.58. The molecule has 1 saturated carbocycles. The standard InChI is InChI=1S/C29H33N7O2/c1-19-5-4-6-24-26(19)30-13-14-35(24)25-17-20-18-31-29(32-21-7-8-21)33-27(20)36(28(25)37)22-9-11-23(12-10-22)38-16-15-34(2)3/h4-6,9-12,17-18,21,30H,7-8,13-16H2,1-3H3,(H,31,32,33). The van der Waals surface area contributed by atoms with Crippen LogP contribution in [-0.2, 0) is 0 Å². The lowest BCUT2D eigenvalue weighted by Crippen LogP contribution is -2.35. The third kappa shape index (κ3) is 4.77. The highest BCUT2D eigenvalue weighted by Gasteiger charge is 2.25. The second-order valence-electron chi connectivity index (χ2n) is 10.3. The van der Waals surface area contributed by atoms with Gasteiger partial charge in [-0.05, 0) is 75.8 Å². The topological polar surface area (TPSA) is 87.5 Å². The predicted molar refractivity (Wildman–Crippen MR) is 153 cm³/mol. The number of hydrogen-bond donors (Lipinski definition) is 2. The van der Waals surface area contributed by atoms with E-state index in [1.54, 1.807) is 4.57 Å². The first-order valence-electron chi connectivity index (χ1n) is 13.2. The predicted octanol–water partition coefficient (Wildman–Crippen LogP) is 4.17. The first kappa shape index (κ1) is 24.2. The van der Waals surface area contributed by atoms with Crippen molar-refractivity contribution in [2.45, 2.75) is 25.8 Å². The Labute approximate surface area is 222 Å². The molecule has 0 atom stereocenters. The van der Waals surface area contributed by atoms with Crippen molar-refractivity contribution < 1.29 is 4.74 Å². The van der Waals surface area contributed by atoms with Gasteiger partial charge in [-0.1, -0.05) is 12.1 Å². The van der Waals surface area contributed by atoms with Crippen LogP contribution in [0.25, 0.3) is 16.7 Å². The quantitative estimate of drug-likeness (QED) is 0.365. The van der Waals surface area contributed by atoms with Crippen LogP contribution in [0.4, 0.5) is 23.0 Å². The van der Waals surface area contributed by atoms with Crippen molar-refractivity contribution >= 4 is 34.0 Å². The van der Waals surface area contributed by atoms with Crippen molar-refractivity contribution in [2.75, 3.05) is 55.9 Å². The molecule has 2 aliphatic rings. The fourth-order valence-electron chi connectivity index (χ4n) is 4.80. The van der Waals surface area contributed by atoms with E-state index < -0.39 is 0 Å². The summed E-state index contributed by atoms with van der Waals surface area (Å²) in [7, 11) is 4.03. The summed E-state index contributed by atoms with van der Waals surface area (Å²) in [5, 5.41) is 7.66. The number of nitrogens with zero attached hydrogens (tertiary/aromatic N) is 5. The molecule has 9 heteroatoms. The van der Waals surface area contributed by atoms with Gasteiger partial charge in [-0.15, -0.1) is 0 Å². The monoisotopic (exact) mass is 511 g/mol. The highest BCUT2D eigenvalue weighted by Crippen LogP contribution is 2.36. The Morgan fingerprint density at radius 2 is 1.95 bits per heavy atom. The van der Waals surface area contributed by atoms with Crippen molar-refractivity contribution in [3.05, 3.63) is 70.6 Å². The summed E-state index contributed by atoms with van der Waals surface area (Å²) in [5.41, 5.74) is 5.00. The lowest BCUT2D eigenvalue weighted by Gasteiger charge is -2.33. The van der Waals surface area contributed by atoms with E-state index in [-0.39, 0.29) is 5.56 Å². The summed E-state index contributed by atoms with van der Waals surface area (Å²) in [6.45, 7) is 4.93. The fourth-order valence-corrected chi connectivity index (χ4v) is 4.80. The van der Waals surface area contributed by atoms with E-state index in [0.717, 1.165) is 59.7 Å². The number of para-hydroxylation sites is 1. The molecular formula is C29H33N7O2. The molecule has 1 aliphatic carbocycles. The minimum absolute atomic E-state index is 0.121. The number of nitrogens with one attached hydrogen (secondary N) is 2. The van der Waals surface area contributed by atoms with E-state index in [0.29, 0.717) is 36.5 Å². The number of aromatic nitrogens is 3. The van der Waals surface area contributed by atoms with Crippen LogP contribution in [0.5, 0.6) is 5.75 Å². The maximum absolute atomic E-state index is 14.2. The molecule has 0 spiro atoms. The molecule has 2 aromatic heterocycles. The largest absolute Gasteiger partial charge is 0.492 e. The van der Waals surface area contributed by atoms with Crippen LogP contribution >= 0.6 is 0 Å². The molecule has 0 unspecified atom stereocenters. The molecule has 2 aromatic carbocycles. The van der Waals surface area contributed by atoms with Crippen molar-refractivity contribution in [1.29, 1.82) is 0 Å². The van der Waals surface area contributed by atoms with E-state index >= 15 is 0 Å². The zero-order chi connectivity index (χ0) is 26.2. The molecule has 2 N–H and O–H groups in total. The number of anilines is 4. The molecule has 3 heterocycles. The Kier molecular flexibility index (Phi) is 6.37. The molecule has 1 fully saturated rings. The van der Waals surface area contributed by atoms with Gasteiger partial charge in [0.25, 0.3) is 5.56 Å². The third-order valence-corrected chi connectivity index (χ3v) is 7.00. The first-order chi connectivity index (χ1) is 18.5. The van der Waals surface area contributed by atoms with Gasteiger partial charge in [0.15, 0.2) is 5.65 Å². The van der Waals surface area contributed by atoms with E-state index in [2.05, 4.69) is 44.5 Å². The summed E-state index contributed by atoms with van der Waals surface area (Å²) in [4.78, 5) is 27.8. The molecule has 6 rings (SSSR count). The van der Waals surface area contributed by atoms with Gasteiger partial charge in [-0.25, -0.2) is 4.98 Å². The number of aryl methyl sites for hydroxylation is 1. The molecule has 9 nitrogen and oxygen atoms in total. The lowest BCUT2D eigenvalue weighted by molar-refractivity contribution is 0.261. The third-order valence-electron chi connectivity index (χ3n) is 7.00. The second kappa shape index (κ2) is 9.98. The number of likely N-dealkylation sites (N-methyl/N-ethyl adjacent to an activating group) is 1. The minimum Gasteiger partial charge on any atom is -0.492 e. The van der Waals surface area contributed by atoms with Crippen LogP contribution < -0.4 is 25.8 Å². The summed E-state index contributed by atoms with van der Waals surface area (Å²) in [6.07, 6.45) is 4.04. The van der Waals surface area contributed by atoms with Gasteiger partial charge < -0.3 is 25.2 Å². The number of fused-ring (bicyclic) bond motifs is 2. The molecule has 196 valence electrons. The van der Waals surface area contributed by atoms with Gasteiger partial charge >= 0.3 is 0 Å². The van der Waals surface area contributed by atoms with E-state index in [9.17, 15) is 4.79 Å². The molecule has 4 aromatic rings. The van der Waals surface area contributed by atoms with Gasteiger partial charge in [-0.3, -0.25) is 9.36 Å². The van der Waals surface area contributed by atoms with Crippen LogP contribution in [0.1, 0.15) is 18.4 Å². The maximum atomic E-state index is 14.2. The average molecular weight is 512 g/mol. The zero-order valence-corrected chi connectivity index (χ0v) is 22.1. The van der Waals surface area contributed by atoms with Gasteiger partial charge in [0.1, 0.15) is 18.0 Å². The lowest BCUT2D eigenvalue weighted by atomic mass is 10.1. The molecule has 38 heavy (non-hydrogen) atoms. The Morgan fingerprint density at radius 3 is 2.71 bits per heavy atom. The van der Waals surface area contributed by atoms with E-state index in [1.165, 1.54) is 0 Å². The van der Waals surface area contributed by atoms with Crippen LogP contribution in [-0.4, -0.2) is 65.8 Å². The normalized spacial score (nSPS) is 14.9. The van der Waals surface area contributed by atoms with Crippen LogP contribution in [0.2, 0.25) is 0 Å². The summed E-state index contributed by atoms with van der Waals surface area (Å²) in [6, 6.07) is 16.1. The smallest absolute Gasteiger partial charge is 0.280 e. The Bertz CT molecular complexity index is 1530. The SMILES string of the molecule is Cc1cccc2c1NCCN2c1cc2cnc(NC3CC3)nc2n(-c2ccc(OCCN(C)C)cc2)c1=O. The fraction of sp³-hybridized carbons (Fsp3) is 0.345.